The molecule has 0 fully saturated rings. The van der Waals surface area contributed by atoms with Gasteiger partial charge in [-0.1, -0.05) is 25.4 Å². The van der Waals surface area contributed by atoms with E-state index in [-0.39, 0.29) is 17.8 Å². The molecule has 3 heteroatoms. The highest BCUT2D eigenvalue weighted by Gasteiger charge is 2.14. The third-order valence-electron chi connectivity index (χ3n) is 2.62. The molecule has 0 saturated heterocycles. The molecule has 1 nitrogen and oxygen atoms in total. The van der Waals surface area contributed by atoms with Crippen LogP contribution in [0, 0.1) is 11.7 Å². The SMILES string of the molecule is CCC(O)C(C)Cc1cc(F)ccc1Cl. The maximum absolute atomic E-state index is 13.0. The van der Waals surface area contributed by atoms with E-state index in [1.54, 1.807) is 6.07 Å². The largest absolute Gasteiger partial charge is 0.393 e. The molecule has 15 heavy (non-hydrogen) atoms. The monoisotopic (exact) mass is 230 g/mol. The van der Waals surface area contributed by atoms with Crippen molar-refractivity contribution in [2.45, 2.75) is 32.8 Å². The van der Waals surface area contributed by atoms with Crippen molar-refractivity contribution in [1.82, 2.24) is 0 Å². The first-order valence-electron chi connectivity index (χ1n) is 5.16. The molecule has 0 aliphatic heterocycles. The third-order valence-corrected chi connectivity index (χ3v) is 2.99. The highest BCUT2D eigenvalue weighted by Crippen LogP contribution is 2.22. The molecule has 0 aliphatic carbocycles. The lowest BCUT2D eigenvalue weighted by molar-refractivity contribution is 0.112. The Labute approximate surface area is 94.9 Å². The zero-order chi connectivity index (χ0) is 11.4. The summed E-state index contributed by atoms with van der Waals surface area (Å²) in [6.07, 6.45) is 0.948. The van der Waals surface area contributed by atoms with E-state index in [1.165, 1.54) is 12.1 Å². The number of rotatable bonds is 4. The summed E-state index contributed by atoms with van der Waals surface area (Å²) in [4.78, 5) is 0. The van der Waals surface area contributed by atoms with Gasteiger partial charge in [0.1, 0.15) is 5.82 Å². The Balaban J connectivity index is 2.75. The van der Waals surface area contributed by atoms with Crippen LogP contribution in [0.1, 0.15) is 25.8 Å². The number of aliphatic hydroxyl groups excluding tert-OH is 1. The van der Waals surface area contributed by atoms with Crippen LogP contribution in [-0.4, -0.2) is 11.2 Å². The fourth-order valence-corrected chi connectivity index (χ4v) is 1.78. The van der Waals surface area contributed by atoms with Crippen LogP contribution in [0.3, 0.4) is 0 Å². The molecular formula is C12H16ClFO. The second kappa shape index (κ2) is 5.47. The lowest BCUT2D eigenvalue weighted by Gasteiger charge is -2.17. The smallest absolute Gasteiger partial charge is 0.123 e. The van der Waals surface area contributed by atoms with Crippen molar-refractivity contribution < 1.29 is 9.50 Å². The zero-order valence-corrected chi connectivity index (χ0v) is 9.76. The molecule has 1 aromatic rings. The number of hydrogen-bond acceptors (Lipinski definition) is 1. The molecule has 0 amide bonds. The lowest BCUT2D eigenvalue weighted by atomic mass is 9.94. The molecule has 0 saturated carbocycles. The maximum Gasteiger partial charge on any atom is 0.123 e. The number of hydrogen-bond donors (Lipinski definition) is 1. The van der Waals surface area contributed by atoms with Crippen LogP contribution >= 0.6 is 11.6 Å². The summed E-state index contributed by atoms with van der Waals surface area (Å²) >= 11 is 5.94. The van der Waals surface area contributed by atoms with E-state index in [4.69, 9.17) is 11.6 Å². The van der Waals surface area contributed by atoms with Gasteiger partial charge in [-0.05, 0) is 42.5 Å². The standard InChI is InChI=1S/C12H16ClFO/c1-3-12(15)8(2)6-9-7-10(14)4-5-11(9)13/h4-5,7-8,12,15H,3,6H2,1-2H3. The zero-order valence-electron chi connectivity index (χ0n) is 9.00. The van der Waals surface area contributed by atoms with Crippen LogP contribution in [0.5, 0.6) is 0 Å². The molecule has 0 aliphatic rings. The van der Waals surface area contributed by atoms with Crippen LogP contribution in [0.4, 0.5) is 4.39 Å². The van der Waals surface area contributed by atoms with Crippen molar-refractivity contribution in [1.29, 1.82) is 0 Å². The molecule has 2 unspecified atom stereocenters. The van der Waals surface area contributed by atoms with E-state index in [0.29, 0.717) is 17.9 Å². The Morgan fingerprint density at radius 2 is 2.13 bits per heavy atom. The molecule has 0 radical (unpaired) electrons. The quantitative estimate of drug-likeness (QED) is 0.840. The van der Waals surface area contributed by atoms with Gasteiger partial charge in [-0.2, -0.15) is 0 Å². The second-order valence-electron chi connectivity index (χ2n) is 3.89. The predicted molar refractivity (Wildman–Crippen MR) is 60.6 cm³/mol. The minimum absolute atomic E-state index is 0.0919. The van der Waals surface area contributed by atoms with Crippen molar-refractivity contribution in [2.24, 2.45) is 5.92 Å². The third kappa shape index (κ3) is 3.47. The van der Waals surface area contributed by atoms with Crippen LogP contribution in [0.25, 0.3) is 0 Å². The summed E-state index contributed by atoms with van der Waals surface area (Å²) in [7, 11) is 0. The molecule has 1 rings (SSSR count). The second-order valence-corrected chi connectivity index (χ2v) is 4.30. The van der Waals surface area contributed by atoms with E-state index in [2.05, 4.69) is 0 Å². The molecule has 1 N–H and O–H groups in total. The van der Waals surface area contributed by atoms with Gasteiger partial charge in [-0.15, -0.1) is 0 Å². The van der Waals surface area contributed by atoms with Crippen LogP contribution < -0.4 is 0 Å². The van der Waals surface area contributed by atoms with Crippen LogP contribution in [0.2, 0.25) is 5.02 Å². The number of halogens is 2. The van der Waals surface area contributed by atoms with Crippen molar-refractivity contribution >= 4 is 11.6 Å². The van der Waals surface area contributed by atoms with Gasteiger partial charge in [0, 0.05) is 5.02 Å². The fourth-order valence-electron chi connectivity index (χ4n) is 1.59. The van der Waals surface area contributed by atoms with E-state index >= 15 is 0 Å². The summed E-state index contributed by atoms with van der Waals surface area (Å²) in [5.41, 5.74) is 0.761. The number of benzene rings is 1. The molecule has 2 atom stereocenters. The van der Waals surface area contributed by atoms with E-state index in [9.17, 15) is 9.50 Å². The summed E-state index contributed by atoms with van der Waals surface area (Å²) in [6, 6.07) is 4.32. The van der Waals surface area contributed by atoms with E-state index in [0.717, 1.165) is 5.56 Å². The molecule has 1 aromatic carbocycles. The number of aliphatic hydroxyl groups is 1. The molecule has 0 aromatic heterocycles. The van der Waals surface area contributed by atoms with Gasteiger partial charge in [0.2, 0.25) is 0 Å². The van der Waals surface area contributed by atoms with Gasteiger partial charge in [-0.25, -0.2) is 4.39 Å². The first-order chi connectivity index (χ1) is 7.04. The molecule has 0 heterocycles. The van der Waals surface area contributed by atoms with Gasteiger partial charge < -0.3 is 5.11 Å². The average molecular weight is 231 g/mol. The van der Waals surface area contributed by atoms with Gasteiger partial charge in [0.05, 0.1) is 6.10 Å². The van der Waals surface area contributed by atoms with Crippen LogP contribution in [0.15, 0.2) is 18.2 Å². The summed E-state index contributed by atoms with van der Waals surface area (Å²) in [5.74, 6) is -0.193. The average Bonchev–Trinajstić information content (AvgIpc) is 2.22. The normalized spacial score (nSPS) is 15.0. The minimum Gasteiger partial charge on any atom is -0.393 e. The molecule has 0 bridgehead atoms. The van der Waals surface area contributed by atoms with Gasteiger partial charge >= 0.3 is 0 Å². The Bertz CT molecular complexity index is 327. The fraction of sp³-hybridized carbons (Fsp3) is 0.500. The van der Waals surface area contributed by atoms with Gasteiger partial charge in [0.15, 0.2) is 0 Å². The van der Waals surface area contributed by atoms with E-state index in [1.807, 2.05) is 13.8 Å². The highest BCUT2D eigenvalue weighted by molar-refractivity contribution is 6.31. The minimum atomic E-state index is -0.357. The van der Waals surface area contributed by atoms with Crippen molar-refractivity contribution in [3.8, 4) is 0 Å². The Morgan fingerprint density at radius 3 is 2.73 bits per heavy atom. The Kier molecular flexibility index (Phi) is 4.55. The lowest BCUT2D eigenvalue weighted by Crippen LogP contribution is -2.18. The highest BCUT2D eigenvalue weighted by atomic mass is 35.5. The van der Waals surface area contributed by atoms with Crippen molar-refractivity contribution in [2.75, 3.05) is 0 Å². The van der Waals surface area contributed by atoms with Gasteiger partial charge in [-0.3, -0.25) is 0 Å². The maximum atomic E-state index is 13.0. The Hall–Kier alpha value is -0.600. The van der Waals surface area contributed by atoms with Crippen LogP contribution in [-0.2, 0) is 6.42 Å². The summed E-state index contributed by atoms with van der Waals surface area (Å²) in [5, 5.41) is 10.2. The molecule has 84 valence electrons. The van der Waals surface area contributed by atoms with Crippen molar-refractivity contribution in [3.05, 3.63) is 34.6 Å². The Morgan fingerprint density at radius 1 is 1.47 bits per heavy atom. The van der Waals surface area contributed by atoms with Crippen molar-refractivity contribution in [3.63, 3.8) is 0 Å². The summed E-state index contributed by atoms with van der Waals surface area (Å²) in [6.45, 7) is 3.86. The topological polar surface area (TPSA) is 20.2 Å². The predicted octanol–water partition coefficient (Wildman–Crippen LogP) is 3.43. The molecule has 0 spiro atoms. The first kappa shape index (κ1) is 12.5. The van der Waals surface area contributed by atoms with Gasteiger partial charge in [0.25, 0.3) is 0 Å². The first-order valence-corrected chi connectivity index (χ1v) is 5.54. The molecular weight excluding hydrogens is 215 g/mol. The van der Waals surface area contributed by atoms with E-state index < -0.39 is 0 Å². The summed E-state index contributed by atoms with van der Waals surface area (Å²) < 4.78 is 13.0.